The Morgan fingerprint density at radius 3 is 2.84 bits per heavy atom. The molecule has 1 aromatic carbocycles. The first-order chi connectivity index (χ1) is 8.95. The Morgan fingerprint density at radius 2 is 2.16 bits per heavy atom. The highest BCUT2D eigenvalue weighted by Crippen LogP contribution is 2.36. The van der Waals surface area contributed by atoms with Crippen LogP contribution in [0, 0.1) is 27.8 Å². The van der Waals surface area contributed by atoms with Crippen molar-refractivity contribution in [3.05, 3.63) is 39.7 Å². The average molecular weight is 330 g/mol. The first-order valence-electron chi connectivity index (χ1n) is 6.53. The first-order valence-corrected chi connectivity index (χ1v) is 7.45. The van der Waals surface area contributed by atoms with Crippen molar-refractivity contribution in [1.82, 2.24) is 0 Å². The Bertz CT molecular complexity index is 481. The molecule has 0 amide bonds. The molecule has 0 N–H and O–H groups in total. The van der Waals surface area contributed by atoms with Gasteiger partial charge in [-0.15, -0.1) is 0 Å². The Kier molecular flexibility index (Phi) is 4.55. The van der Waals surface area contributed by atoms with Gasteiger partial charge in [0.2, 0.25) is 0 Å². The van der Waals surface area contributed by atoms with Gasteiger partial charge in [0.05, 0.1) is 11.0 Å². The standard InChI is InChI=1S/C14H17BrFNO2/c1-9-2-3-14(15)11(4-9)5-10-6-12(16)8-13(7-10)17(18)19/h6-9,11,14H,2-5H2,1H3. The normalized spacial score (nSPS) is 27.2. The van der Waals surface area contributed by atoms with Crippen molar-refractivity contribution in [2.45, 2.75) is 37.4 Å². The zero-order valence-corrected chi connectivity index (χ0v) is 12.4. The molecule has 1 aromatic rings. The fraction of sp³-hybridized carbons (Fsp3) is 0.571. The highest BCUT2D eigenvalue weighted by Gasteiger charge is 2.27. The molecule has 3 nitrogen and oxygen atoms in total. The van der Waals surface area contributed by atoms with Gasteiger partial charge in [-0.05, 0) is 49.1 Å². The predicted octanol–water partition coefficient (Wildman–Crippen LogP) is 4.48. The molecule has 5 heteroatoms. The number of hydrogen-bond donors (Lipinski definition) is 0. The highest BCUT2D eigenvalue weighted by molar-refractivity contribution is 9.09. The van der Waals surface area contributed by atoms with Crippen molar-refractivity contribution in [2.75, 3.05) is 0 Å². The van der Waals surface area contributed by atoms with Crippen molar-refractivity contribution in [1.29, 1.82) is 0 Å². The number of halogens is 2. The number of rotatable bonds is 3. The molecule has 1 fully saturated rings. The topological polar surface area (TPSA) is 43.1 Å². The smallest absolute Gasteiger partial charge is 0.258 e. The van der Waals surface area contributed by atoms with Crippen LogP contribution >= 0.6 is 15.9 Å². The van der Waals surface area contributed by atoms with Gasteiger partial charge in [0, 0.05) is 10.9 Å². The molecule has 0 radical (unpaired) electrons. The van der Waals surface area contributed by atoms with E-state index in [4.69, 9.17) is 0 Å². The zero-order valence-electron chi connectivity index (χ0n) is 10.8. The van der Waals surface area contributed by atoms with E-state index in [1.165, 1.54) is 18.6 Å². The summed E-state index contributed by atoms with van der Waals surface area (Å²) < 4.78 is 13.4. The molecular weight excluding hydrogens is 313 g/mol. The van der Waals surface area contributed by atoms with Crippen LogP contribution in [0.1, 0.15) is 31.7 Å². The van der Waals surface area contributed by atoms with Crippen LogP contribution in [-0.2, 0) is 6.42 Å². The van der Waals surface area contributed by atoms with E-state index >= 15 is 0 Å². The number of benzene rings is 1. The van der Waals surface area contributed by atoms with Gasteiger partial charge in [-0.2, -0.15) is 0 Å². The van der Waals surface area contributed by atoms with Gasteiger partial charge in [-0.25, -0.2) is 4.39 Å². The lowest BCUT2D eigenvalue weighted by atomic mass is 9.79. The quantitative estimate of drug-likeness (QED) is 0.466. The van der Waals surface area contributed by atoms with Crippen LogP contribution in [0.3, 0.4) is 0 Å². The molecule has 1 aliphatic rings. The summed E-state index contributed by atoms with van der Waals surface area (Å²) in [5.41, 5.74) is 0.556. The molecule has 3 unspecified atom stereocenters. The lowest BCUT2D eigenvalue weighted by molar-refractivity contribution is -0.385. The van der Waals surface area contributed by atoms with E-state index < -0.39 is 10.7 Å². The zero-order chi connectivity index (χ0) is 14.0. The second-order valence-corrected chi connectivity index (χ2v) is 6.65. The van der Waals surface area contributed by atoms with Gasteiger partial charge in [-0.3, -0.25) is 10.1 Å². The molecule has 0 aliphatic heterocycles. The van der Waals surface area contributed by atoms with Crippen molar-refractivity contribution in [3.63, 3.8) is 0 Å². The number of nitro groups is 1. The van der Waals surface area contributed by atoms with Crippen molar-refractivity contribution >= 4 is 21.6 Å². The molecule has 0 bridgehead atoms. The summed E-state index contributed by atoms with van der Waals surface area (Å²) in [4.78, 5) is 10.6. The summed E-state index contributed by atoms with van der Waals surface area (Å²) >= 11 is 3.68. The fourth-order valence-corrected chi connectivity index (χ4v) is 3.50. The third kappa shape index (κ3) is 3.75. The maximum atomic E-state index is 13.4. The highest BCUT2D eigenvalue weighted by atomic mass is 79.9. The maximum absolute atomic E-state index is 13.4. The largest absolute Gasteiger partial charge is 0.272 e. The Labute approximate surface area is 120 Å². The number of nitro benzene ring substituents is 1. The summed E-state index contributed by atoms with van der Waals surface area (Å²) in [5, 5.41) is 10.7. The van der Waals surface area contributed by atoms with E-state index in [2.05, 4.69) is 22.9 Å². The third-order valence-electron chi connectivity index (χ3n) is 3.80. The van der Waals surface area contributed by atoms with Gasteiger partial charge in [0.1, 0.15) is 5.82 Å². The summed E-state index contributed by atoms with van der Waals surface area (Å²) in [6.45, 7) is 2.22. The van der Waals surface area contributed by atoms with Crippen molar-refractivity contribution in [2.24, 2.45) is 11.8 Å². The van der Waals surface area contributed by atoms with Crippen LogP contribution in [0.4, 0.5) is 10.1 Å². The minimum absolute atomic E-state index is 0.162. The molecule has 1 aliphatic carbocycles. The van der Waals surface area contributed by atoms with Crippen LogP contribution in [0.2, 0.25) is 0 Å². The molecule has 3 atom stereocenters. The van der Waals surface area contributed by atoms with Gasteiger partial charge in [0.15, 0.2) is 0 Å². The summed E-state index contributed by atoms with van der Waals surface area (Å²) in [6.07, 6.45) is 4.10. The number of non-ortho nitro benzene ring substituents is 1. The monoisotopic (exact) mass is 329 g/mol. The van der Waals surface area contributed by atoms with Gasteiger partial charge >= 0.3 is 0 Å². The number of nitrogens with zero attached hydrogens (tertiary/aromatic N) is 1. The molecule has 1 saturated carbocycles. The summed E-state index contributed by atoms with van der Waals surface area (Å²) in [6, 6.07) is 3.87. The van der Waals surface area contributed by atoms with Crippen molar-refractivity contribution < 1.29 is 9.31 Å². The van der Waals surface area contributed by atoms with Crippen LogP contribution in [0.5, 0.6) is 0 Å². The molecular formula is C14H17BrFNO2. The van der Waals surface area contributed by atoms with E-state index in [1.807, 2.05) is 0 Å². The van der Waals surface area contributed by atoms with Crippen LogP contribution in [0.25, 0.3) is 0 Å². The Morgan fingerprint density at radius 1 is 1.42 bits per heavy atom. The van der Waals surface area contributed by atoms with E-state index in [0.717, 1.165) is 24.5 Å². The van der Waals surface area contributed by atoms with E-state index in [1.54, 1.807) is 0 Å². The van der Waals surface area contributed by atoms with Crippen LogP contribution in [0.15, 0.2) is 18.2 Å². The lowest BCUT2D eigenvalue weighted by Crippen LogP contribution is -2.25. The molecule has 0 saturated heterocycles. The van der Waals surface area contributed by atoms with Crippen LogP contribution < -0.4 is 0 Å². The fourth-order valence-electron chi connectivity index (χ4n) is 2.83. The molecule has 0 heterocycles. The number of hydrogen-bond acceptors (Lipinski definition) is 2. The van der Waals surface area contributed by atoms with Gasteiger partial charge in [-0.1, -0.05) is 22.9 Å². The van der Waals surface area contributed by atoms with Crippen molar-refractivity contribution in [3.8, 4) is 0 Å². The lowest BCUT2D eigenvalue weighted by Gasteiger charge is -2.31. The first kappa shape index (κ1) is 14.4. The third-order valence-corrected chi connectivity index (χ3v) is 5.01. The minimum Gasteiger partial charge on any atom is -0.258 e. The van der Waals surface area contributed by atoms with E-state index in [-0.39, 0.29) is 5.69 Å². The molecule has 19 heavy (non-hydrogen) atoms. The maximum Gasteiger partial charge on any atom is 0.272 e. The SMILES string of the molecule is CC1CCC(Br)C(Cc2cc(F)cc([N+](=O)[O-])c2)C1. The van der Waals surface area contributed by atoms with E-state index in [9.17, 15) is 14.5 Å². The summed E-state index contributed by atoms with van der Waals surface area (Å²) in [7, 11) is 0. The van der Waals surface area contributed by atoms with E-state index in [0.29, 0.717) is 23.1 Å². The second-order valence-electron chi connectivity index (χ2n) is 5.47. The minimum atomic E-state index is -0.540. The Hall–Kier alpha value is -0.970. The van der Waals surface area contributed by atoms with Crippen LogP contribution in [-0.4, -0.2) is 9.75 Å². The molecule has 0 aromatic heterocycles. The van der Waals surface area contributed by atoms with Gasteiger partial charge < -0.3 is 0 Å². The molecule has 2 rings (SSSR count). The molecule has 104 valence electrons. The summed E-state index contributed by atoms with van der Waals surface area (Å²) in [5.74, 6) is 0.562. The Balaban J connectivity index is 2.16. The molecule has 0 spiro atoms. The second kappa shape index (κ2) is 5.99. The average Bonchev–Trinajstić information content (AvgIpc) is 2.33. The number of alkyl halides is 1. The predicted molar refractivity (Wildman–Crippen MR) is 76.0 cm³/mol. The van der Waals surface area contributed by atoms with Gasteiger partial charge in [0.25, 0.3) is 5.69 Å².